The fourth-order valence-corrected chi connectivity index (χ4v) is 3.25. The molecular weight excluding hydrogens is 306 g/mol. The molecule has 2 atom stereocenters. The first kappa shape index (κ1) is 14.9. The summed E-state index contributed by atoms with van der Waals surface area (Å²) in [4.78, 5) is 12.8. The molecule has 1 aliphatic heterocycles. The molecule has 2 aromatic heterocycles. The van der Waals surface area contributed by atoms with Crippen molar-refractivity contribution in [3.63, 3.8) is 0 Å². The first-order chi connectivity index (χ1) is 11.6. The number of H-pyrrole nitrogens is 1. The van der Waals surface area contributed by atoms with Crippen LogP contribution in [-0.2, 0) is 11.8 Å². The van der Waals surface area contributed by atoms with Crippen LogP contribution >= 0.6 is 0 Å². The highest BCUT2D eigenvalue weighted by atomic mass is 16.5. The minimum Gasteiger partial charge on any atom is -0.371 e. The summed E-state index contributed by atoms with van der Waals surface area (Å²) in [6.07, 6.45) is 4.12. The zero-order valence-corrected chi connectivity index (χ0v) is 13.6. The second kappa shape index (κ2) is 5.76. The highest BCUT2D eigenvalue weighted by molar-refractivity contribution is 6.06. The molecule has 3 heterocycles. The maximum Gasteiger partial charge on any atom is 0.252 e. The van der Waals surface area contributed by atoms with Crippen molar-refractivity contribution in [1.82, 2.24) is 25.3 Å². The van der Waals surface area contributed by atoms with Gasteiger partial charge < -0.3 is 10.1 Å². The van der Waals surface area contributed by atoms with Crippen LogP contribution in [-0.4, -0.2) is 38.5 Å². The Labute approximate surface area is 139 Å². The molecular formula is C17H19N5O2. The molecule has 1 fully saturated rings. The summed E-state index contributed by atoms with van der Waals surface area (Å²) in [5.74, 6) is -0.107. The number of rotatable bonds is 3. The average Bonchev–Trinajstić information content (AvgIpc) is 3.29. The average molecular weight is 325 g/mol. The van der Waals surface area contributed by atoms with Crippen LogP contribution in [0.2, 0.25) is 0 Å². The zero-order chi connectivity index (χ0) is 16.7. The lowest BCUT2D eigenvalue weighted by Gasteiger charge is -2.20. The standard InChI is InChI=1S/C17H19N5O2/c1-10-12(9-19-22(10)2)16-15(6-7-24-16)20-17(23)11-4-3-5-14-13(11)8-18-21-14/h3-5,8-9,15-16H,6-7H2,1-2H3,(H,18,21)(H,20,23)/t15-,16+/m0/s1. The number of hydrogen-bond donors (Lipinski definition) is 2. The minimum atomic E-state index is -0.161. The number of carbonyl (C=O) groups excluding carboxylic acids is 1. The molecule has 7 nitrogen and oxygen atoms in total. The van der Waals surface area contributed by atoms with Gasteiger partial charge in [0.25, 0.3) is 5.91 Å². The summed E-state index contributed by atoms with van der Waals surface area (Å²) < 4.78 is 7.69. The Morgan fingerprint density at radius 1 is 1.42 bits per heavy atom. The third kappa shape index (κ3) is 2.37. The third-order valence-electron chi connectivity index (χ3n) is 4.72. The summed E-state index contributed by atoms with van der Waals surface area (Å²) >= 11 is 0. The van der Waals surface area contributed by atoms with Crippen molar-refractivity contribution in [2.45, 2.75) is 25.5 Å². The van der Waals surface area contributed by atoms with Crippen LogP contribution in [0, 0.1) is 6.92 Å². The van der Waals surface area contributed by atoms with E-state index in [-0.39, 0.29) is 18.1 Å². The van der Waals surface area contributed by atoms with Gasteiger partial charge >= 0.3 is 0 Å². The fraction of sp³-hybridized carbons (Fsp3) is 0.353. The Balaban J connectivity index is 1.59. The molecule has 0 spiro atoms. The first-order valence-corrected chi connectivity index (χ1v) is 7.98. The Hall–Kier alpha value is -2.67. The zero-order valence-electron chi connectivity index (χ0n) is 13.6. The molecule has 0 unspecified atom stereocenters. The molecule has 2 N–H and O–H groups in total. The van der Waals surface area contributed by atoms with E-state index in [1.807, 2.05) is 43.0 Å². The summed E-state index contributed by atoms with van der Waals surface area (Å²) in [5.41, 5.74) is 3.56. The maximum atomic E-state index is 12.8. The largest absolute Gasteiger partial charge is 0.371 e. The fourth-order valence-electron chi connectivity index (χ4n) is 3.25. The Morgan fingerprint density at radius 2 is 2.29 bits per heavy atom. The van der Waals surface area contributed by atoms with Crippen LogP contribution in [0.3, 0.4) is 0 Å². The summed E-state index contributed by atoms with van der Waals surface area (Å²) in [5, 5.41) is 15.1. The number of amides is 1. The molecule has 1 amide bonds. The molecule has 24 heavy (non-hydrogen) atoms. The Bertz CT molecular complexity index is 897. The maximum absolute atomic E-state index is 12.8. The monoisotopic (exact) mass is 325 g/mol. The van der Waals surface area contributed by atoms with Gasteiger partial charge in [0.15, 0.2) is 0 Å². The van der Waals surface area contributed by atoms with E-state index in [2.05, 4.69) is 20.6 Å². The quantitative estimate of drug-likeness (QED) is 0.770. The van der Waals surface area contributed by atoms with Gasteiger partial charge in [-0.15, -0.1) is 0 Å². The van der Waals surface area contributed by atoms with Crippen molar-refractivity contribution < 1.29 is 9.53 Å². The summed E-state index contributed by atoms with van der Waals surface area (Å²) in [6.45, 7) is 2.63. The van der Waals surface area contributed by atoms with Crippen molar-refractivity contribution in [2.24, 2.45) is 7.05 Å². The number of carbonyl (C=O) groups is 1. The number of hydrogen-bond acceptors (Lipinski definition) is 4. The Morgan fingerprint density at radius 3 is 3.08 bits per heavy atom. The van der Waals surface area contributed by atoms with Crippen molar-refractivity contribution in [3.8, 4) is 0 Å². The SMILES string of the molecule is Cc1c([C@H]2OCC[C@@H]2NC(=O)c2cccc3[nH]ncc23)cnn1C. The van der Waals surface area contributed by atoms with Gasteiger partial charge in [0.1, 0.15) is 6.10 Å². The van der Waals surface area contributed by atoms with Crippen molar-refractivity contribution in [3.05, 3.63) is 47.4 Å². The van der Waals surface area contributed by atoms with E-state index in [4.69, 9.17) is 4.74 Å². The second-order valence-corrected chi connectivity index (χ2v) is 6.11. The molecule has 1 saturated heterocycles. The van der Waals surface area contributed by atoms with Crippen molar-refractivity contribution >= 4 is 16.8 Å². The van der Waals surface area contributed by atoms with Gasteiger partial charge in [0.2, 0.25) is 0 Å². The van der Waals surface area contributed by atoms with E-state index in [0.717, 1.165) is 28.6 Å². The van der Waals surface area contributed by atoms with E-state index in [1.165, 1.54) is 0 Å². The molecule has 3 aromatic rings. The summed E-state index contributed by atoms with van der Waals surface area (Å²) in [6, 6.07) is 5.50. The van der Waals surface area contributed by atoms with Crippen LogP contribution in [0.4, 0.5) is 0 Å². The van der Waals surface area contributed by atoms with E-state index in [0.29, 0.717) is 12.2 Å². The topological polar surface area (TPSA) is 84.8 Å². The van der Waals surface area contributed by atoms with E-state index < -0.39 is 0 Å². The molecule has 1 aromatic carbocycles. The first-order valence-electron chi connectivity index (χ1n) is 7.98. The van der Waals surface area contributed by atoms with Crippen LogP contribution in [0.15, 0.2) is 30.6 Å². The summed E-state index contributed by atoms with van der Waals surface area (Å²) in [7, 11) is 1.90. The van der Waals surface area contributed by atoms with Crippen LogP contribution in [0.1, 0.15) is 34.1 Å². The van der Waals surface area contributed by atoms with Crippen LogP contribution < -0.4 is 5.32 Å². The highest BCUT2D eigenvalue weighted by Crippen LogP contribution is 2.31. The van der Waals surface area contributed by atoms with E-state index in [9.17, 15) is 4.79 Å². The molecule has 0 bridgehead atoms. The molecule has 0 saturated carbocycles. The molecule has 0 radical (unpaired) electrons. The predicted octanol–water partition coefficient (Wildman–Crippen LogP) is 1.86. The number of aryl methyl sites for hydroxylation is 1. The van der Waals surface area contributed by atoms with Crippen molar-refractivity contribution in [1.29, 1.82) is 0 Å². The smallest absolute Gasteiger partial charge is 0.252 e. The number of aromatic amines is 1. The lowest BCUT2D eigenvalue weighted by atomic mass is 10.0. The normalized spacial score (nSPS) is 20.6. The molecule has 0 aliphatic carbocycles. The number of aromatic nitrogens is 4. The molecule has 1 aliphatic rings. The molecule has 7 heteroatoms. The van der Waals surface area contributed by atoms with Crippen molar-refractivity contribution in [2.75, 3.05) is 6.61 Å². The second-order valence-electron chi connectivity index (χ2n) is 6.11. The number of nitrogens with one attached hydrogen (secondary N) is 2. The number of benzene rings is 1. The molecule has 4 rings (SSSR count). The predicted molar refractivity (Wildman–Crippen MR) is 88.6 cm³/mol. The van der Waals surface area contributed by atoms with E-state index >= 15 is 0 Å². The van der Waals surface area contributed by atoms with Gasteiger partial charge in [-0.25, -0.2) is 0 Å². The van der Waals surface area contributed by atoms with Gasteiger partial charge in [-0.1, -0.05) is 6.07 Å². The van der Waals surface area contributed by atoms with Crippen LogP contribution in [0.5, 0.6) is 0 Å². The minimum absolute atomic E-state index is 0.0671. The number of ether oxygens (including phenoxy) is 1. The number of fused-ring (bicyclic) bond motifs is 1. The van der Waals surface area contributed by atoms with Crippen LogP contribution in [0.25, 0.3) is 10.9 Å². The van der Waals surface area contributed by atoms with Gasteiger partial charge in [0.05, 0.1) is 29.5 Å². The van der Waals surface area contributed by atoms with Gasteiger partial charge in [-0.05, 0) is 25.5 Å². The van der Waals surface area contributed by atoms with Gasteiger partial charge in [-0.3, -0.25) is 14.6 Å². The van der Waals surface area contributed by atoms with E-state index in [1.54, 1.807) is 6.20 Å². The van der Waals surface area contributed by atoms with Gasteiger partial charge in [0, 0.05) is 30.3 Å². The van der Waals surface area contributed by atoms with Gasteiger partial charge in [-0.2, -0.15) is 10.2 Å². The molecule has 124 valence electrons. The number of nitrogens with zero attached hydrogens (tertiary/aromatic N) is 3. The lowest BCUT2D eigenvalue weighted by Crippen LogP contribution is -2.37. The highest BCUT2D eigenvalue weighted by Gasteiger charge is 2.33. The lowest BCUT2D eigenvalue weighted by molar-refractivity contribution is 0.0820. The third-order valence-corrected chi connectivity index (χ3v) is 4.72. The Kier molecular flexibility index (Phi) is 3.57.